The maximum absolute atomic E-state index is 10.5. The highest BCUT2D eigenvalue weighted by molar-refractivity contribution is 5.91. The predicted molar refractivity (Wildman–Crippen MR) is 135 cm³/mol. The Morgan fingerprint density at radius 3 is 2.27 bits per heavy atom. The maximum atomic E-state index is 10.5. The number of aliphatic hydroxyl groups excluding tert-OH is 1. The Hall–Kier alpha value is -0.830. The van der Waals surface area contributed by atoms with E-state index in [4.69, 9.17) is 0 Å². The molecular weight excluding hydrogens is 406 g/mol. The zero-order chi connectivity index (χ0) is 24.0. The number of aliphatic hydroxyl groups is 1. The largest absolute Gasteiger partial charge is 0.411 e. The van der Waals surface area contributed by atoms with E-state index in [2.05, 4.69) is 53.3 Å². The fourth-order valence-electron chi connectivity index (χ4n) is 11.5. The normalized spacial score (nSPS) is 57.1. The second-order valence-electron chi connectivity index (χ2n) is 14.5. The van der Waals surface area contributed by atoms with Gasteiger partial charge in [0.05, 0.1) is 12.3 Å². The summed E-state index contributed by atoms with van der Waals surface area (Å²) in [6.45, 7) is 19.5. The predicted octanol–water partition coefficient (Wildman–Crippen LogP) is 7.47. The molecule has 0 saturated heterocycles. The van der Waals surface area contributed by atoms with Gasteiger partial charge in [-0.2, -0.15) is 0 Å². The first-order valence-corrected chi connectivity index (χ1v) is 13.9. The van der Waals surface area contributed by atoms with Crippen LogP contribution >= 0.6 is 0 Å². The van der Waals surface area contributed by atoms with Crippen molar-refractivity contribution in [2.24, 2.45) is 61.8 Å². The summed E-state index contributed by atoms with van der Waals surface area (Å²) in [5.74, 6) is 3.41. The Bertz CT molecular complexity index is 865. The molecule has 3 nitrogen and oxygen atoms in total. The monoisotopic (exact) mass is 455 g/mol. The third-order valence-electron chi connectivity index (χ3n) is 13.5. The molecular formula is C30H49NO2. The van der Waals surface area contributed by atoms with E-state index in [9.17, 15) is 10.3 Å². The molecule has 5 rings (SSSR count). The van der Waals surface area contributed by atoms with Crippen molar-refractivity contribution in [2.45, 2.75) is 106 Å². The van der Waals surface area contributed by atoms with Crippen LogP contribution < -0.4 is 0 Å². The second kappa shape index (κ2) is 7.34. The molecule has 0 aliphatic heterocycles. The van der Waals surface area contributed by atoms with Crippen LogP contribution in [0.25, 0.3) is 0 Å². The van der Waals surface area contributed by atoms with Crippen LogP contribution in [0.4, 0.5) is 0 Å². The highest BCUT2D eigenvalue weighted by atomic mass is 16.4. The van der Waals surface area contributed by atoms with Crippen LogP contribution in [-0.4, -0.2) is 22.6 Å². The minimum absolute atomic E-state index is 0.0939. The first-order chi connectivity index (χ1) is 15.4. The van der Waals surface area contributed by atoms with Gasteiger partial charge in [-0.15, -0.1) is 0 Å². The average molecular weight is 456 g/mol. The molecule has 0 aromatic carbocycles. The van der Waals surface area contributed by atoms with Gasteiger partial charge < -0.3 is 10.3 Å². The molecule has 0 amide bonds. The van der Waals surface area contributed by atoms with Gasteiger partial charge in [0.15, 0.2) is 0 Å². The fraction of sp³-hybridized carbons (Fsp3) is 0.900. The van der Waals surface area contributed by atoms with Gasteiger partial charge >= 0.3 is 0 Å². The number of hydrogen-bond acceptors (Lipinski definition) is 3. The summed E-state index contributed by atoms with van der Waals surface area (Å²) < 4.78 is 0. The van der Waals surface area contributed by atoms with Gasteiger partial charge in [0, 0.05) is 5.41 Å². The van der Waals surface area contributed by atoms with Crippen molar-refractivity contribution in [1.29, 1.82) is 0 Å². The molecule has 10 atom stereocenters. The lowest BCUT2D eigenvalue weighted by Gasteiger charge is -2.72. The quantitative estimate of drug-likeness (QED) is 0.258. The Morgan fingerprint density at radius 2 is 1.64 bits per heavy atom. The van der Waals surface area contributed by atoms with Crippen LogP contribution in [0.15, 0.2) is 17.3 Å². The van der Waals surface area contributed by atoms with E-state index in [0.29, 0.717) is 34.0 Å². The van der Waals surface area contributed by atoms with E-state index >= 15 is 0 Å². The minimum atomic E-state index is -0.386. The molecule has 0 radical (unpaired) electrons. The summed E-state index contributed by atoms with van der Waals surface area (Å²) in [6, 6.07) is 0. The number of oxime groups is 1. The van der Waals surface area contributed by atoms with Crippen molar-refractivity contribution in [2.75, 3.05) is 6.61 Å². The number of hydrogen-bond donors (Lipinski definition) is 2. The van der Waals surface area contributed by atoms with Gasteiger partial charge in [0.1, 0.15) is 0 Å². The Kier molecular flexibility index (Phi) is 5.31. The molecule has 3 heteroatoms. The van der Waals surface area contributed by atoms with Crippen LogP contribution in [0.5, 0.6) is 0 Å². The molecule has 2 N–H and O–H groups in total. The molecule has 5 aliphatic rings. The molecule has 0 aromatic rings. The lowest BCUT2D eigenvalue weighted by atomic mass is 9.32. The molecule has 0 bridgehead atoms. The second-order valence-corrected chi connectivity index (χ2v) is 14.5. The summed E-state index contributed by atoms with van der Waals surface area (Å²) in [6.07, 6.45) is 12.5. The summed E-state index contributed by atoms with van der Waals surface area (Å²) in [4.78, 5) is 0. The summed E-state index contributed by atoms with van der Waals surface area (Å²) in [7, 11) is 0. The topological polar surface area (TPSA) is 52.8 Å². The highest BCUT2D eigenvalue weighted by Gasteiger charge is 2.70. The molecule has 5 saturated carbocycles. The third kappa shape index (κ3) is 2.81. The van der Waals surface area contributed by atoms with E-state index in [0.717, 1.165) is 36.8 Å². The van der Waals surface area contributed by atoms with E-state index in [1.54, 1.807) is 0 Å². The number of rotatable bonds is 2. The van der Waals surface area contributed by atoms with E-state index < -0.39 is 0 Å². The number of nitrogens with zero attached hydrogens (tertiary/aromatic N) is 1. The molecule has 186 valence electrons. The number of allylic oxidation sites excluding steroid dienone is 1. The van der Waals surface area contributed by atoms with E-state index in [1.165, 1.54) is 50.5 Å². The lowest BCUT2D eigenvalue weighted by Crippen LogP contribution is -2.66. The molecule has 5 fully saturated rings. The average Bonchev–Trinajstić information content (AvgIpc) is 3.12. The summed E-state index contributed by atoms with van der Waals surface area (Å²) in [5, 5.41) is 24.0. The molecule has 0 aromatic heterocycles. The van der Waals surface area contributed by atoms with Gasteiger partial charge in [-0.1, -0.05) is 51.9 Å². The van der Waals surface area contributed by atoms with Gasteiger partial charge in [-0.25, -0.2) is 0 Å². The van der Waals surface area contributed by atoms with Gasteiger partial charge in [0.25, 0.3) is 0 Å². The standard InChI is InChI=1S/C30H49NO2/c1-19(2)20-10-13-26(3)16-17-29(6)21(25(20)26)8-9-23-27(4)14-12-24(31-33)28(5,18-32)22(27)11-15-30(23,29)7/h20-23,25,32-33H,1,8-18H2,2-7H3/b31-24-/t20-,21?,22?,23?,25?,26+,27-,28-,29+,30+/m0/s1. The summed E-state index contributed by atoms with van der Waals surface area (Å²) >= 11 is 0. The van der Waals surface area contributed by atoms with Crippen LogP contribution in [0.1, 0.15) is 106 Å². The Morgan fingerprint density at radius 1 is 0.909 bits per heavy atom. The zero-order valence-electron chi connectivity index (χ0n) is 22.2. The van der Waals surface area contributed by atoms with Crippen LogP contribution in [0.2, 0.25) is 0 Å². The third-order valence-corrected chi connectivity index (χ3v) is 13.5. The van der Waals surface area contributed by atoms with Gasteiger partial charge in [-0.05, 0) is 122 Å². The molecule has 0 heterocycles. The molecule has 33 heavy (non-hydrogen) atoms. The van der Waals surface area contributed by atoms with Crippen LogP contribution in [0.3, 0.4) is 0 Å². The molecule has 5 aliphatic carbocycles. The Labute approximate surface area is 202 Å². The first kappa shape index (κ1) is 23.9. The van der Waals surface area contributed by atoms with Crippen LogP contribution in [0, 0.1) is 56.7 Å². The smallest absolute Gasteiger partial charge is 0.0655 e. The maximum Gasteiger partial charge on any atom is 0.0655 e. The van der Waals surface area contributed by atoms with Crippen molar-refractivity contribution in [3.63, 3.8) is 0 Å². The Balaban J connectivity index is 1.55. The fourth-order valence-corrected chi connectivity index (χ4v) is 11.5. The van der Waals surface area contributed by atoms with Crippen molar-refractivity contribution in [1.82, 2.24) is 0 Å². The summed E-state index contributed by atoms with van der Waals surface area (Å²) in [5.41, 5.74) is 3.31. The van der Waals surface area contributed by atoms with Crippen LogP contribution in [-0.2, 0) is 0 Å². The van der Waals surface area contributed by atoms with E-state index in [1.807, 2.05) is 0 Å². The van der Waals surface area contributed by atoms with Crippen molar-refractivity contribution < 1.29 is 10.3 Å². The zero-order valence-corrected chi connectivity index (χ0v) is 22.2. The molecule has 4 unspecified atom stereocenters. The van der Waals surface area contributed by atoms with Crippen molar-refractivity contribution in [3.8, 4) is 0 Å². The van der Waals surface area contributed by atoms with E-state index in [-0.39, 0.29) is 17.4 Å². The lowest BCUT2D eigenvalue weighted by molar-refractivity contribution is -0.229. The highest BCUT2D eigenvalue weighted by Crippen LogP contribution is 2.77. The van der Waals surface area contributed by atoms with Gasteiger partial charge in [0.2, 0.25) is 0 Å². The number of fused-ring (bicyclic) bond motifs is 7. The van der Waals surface area contributed by atoms with Gasteiger partial charge in [-0.3, -0.25) is 0 Å². The SMILES string of the molecule is C=C(C)[C@@H]1CC[C@]2(C)CC[C@]3(C)C(CCC4[C@@]5(C)CC/C(=N/O)[C@@](C)(CO)C5CC[C@]43C)C12. The van der Waals surface area contributed by atoms with Crippen molar-refractivity contribution >= 4 is 5.71 Å². The van der Waals surface area contributed by atoms with Crippen molar-refractivity contribution in [3.05, 3.63) is 12.2 Å². The minimum Gasteiger partial charge on any atom is -0.411 e. The molecule has 0 spiro atoms. The first-order valence-electron chi connectivity index (χ1n) is 13.9.